The summed E-state index contributed by atoms with van der Waals surface area (Å²) in [6, 6.07) is -0.981. The SMILES string of the molecule is CCCCCCCCCCCCCC/C=C\CCCCCCCCCCCCCCCCCC(O)C(=O)NC(CO)C(O)C(O)CCCCCCCCCCCCCC. The van der Waals surface area contributed by atoms with E-state index in [1.165, 1.54) is 225 Å². The first kappa shape index (κ1) is 58.0. The van der Waals surface area contributed by atoms with Crippen LogP contribution in [-0.4, -0.2) is 57.3 Å². The zero-order valence-corrected chi connectivity index (χ0v) is 39.8. The summed E-state index contributed by atoms with van der Waals surface area (Å²) < 4.78 is 0. The number of hydrogen-bond donors (Lipinski definition) is 5. The predicted molar refractivity (Wildman–Crippen MR) is 256 cm³/mol. The van der Waals surface area contributed by atoms with Crippen LogP contribution in [0.4, 0.5) is 0 Å². The van der Waals surface area contributed by atoms with Gasteiger partial charge in [0.05, 0.1) is 18.8 Å². The zero-order valence-electron chi connectivity index (χ0n) is 39.8. The molecule has 0 aliphatic heterocycles. The first-order chi connectivity index (χ1) is 29.0. The number of aliphatic hydroxyl groups is 4. The quantitative estimate of drug-likeness (QED) is 0.0310. The van der Waals surface area contributed by atoms with Crippen LogP contribution >= 0.6 is 0 Å². The van der Waals surface area contributed by atoms with E-state index in [0.717, 1.165) is 38.5 Å². The van der Waals surface area contributed by atoms with Gasteiger partial charge in [-0.25, -0.2) is 0 Å². The van der Waals surface area contributed by atoms with Crippen molar-refractivity contribution >= 4 is 5.91 Å². The van der Waals surface area contributed by atoms with Gasteiger partial charge in [-0.1, -0.05) is 264 Å². The van der Waals surface area contributed by atoms with Gasteiger partial charge < -0.3 is 25.7 Å². The summed E-state index contributed by atoms with van der Waals surface area (Å²) in [5.74, 6) is -0.580. The van der Waals surface area contributed by atoms with Crippen molar-refractivity contribution in [3.8, 4) is 0 Å². The summed E-state index contributed by atoms with van der Waals surface area (Å²) >= 11 is 0. The van der Waals surface area contributed by atoms with Gasteiger partial charge in [0.1, 0.15) is 12.2 Å². The first-order valence-corrected chi connectivity index (χ1v) is 26.6. The van der Waals surface area contributed by atoms with Crippen molar-refractivity contribution in [3.05, 3.63) is 12.2 Å². The van der Waals surface area contributed by atoms with E-state index in [0.29, 0.717) is 12.8 Å². The van der Waals surface area contributed by atoms with Crippen LogP contribution in [0.1, 0.15) is 290 Å². The van der Waals surface area contributed by atoms with Gasteiger partial charge in [0.25, 0.3) is 0 Å². The zero-order chi connectivity index (χ0) is 43.1. The van der Waals surface area contributed by atoms with E-state index < -0.39 is 36.9 Å². The minimum atomic E-state index is -1.25. The summed E-state index contributed by atoms with van der Waals surface area (Å²) in [5.41, 5.74) is 0. The average Bonchev–Trinajstić information content (AvgIpc) is 3.24. The number of rotatable bonds is 49. The van der Waals surface area contributed by atoms with Crippen LogP contribution in [0.5, 0.6) is 0 Å². The van der Waals surface area contributed by atoms with Crippen molar-refractivity contribution in [2.45, 2.75) is 314 Å². The van der Waals surface area contributed by atoms with Crippen molar-refractivity contribution in [2.24, 2.45) is 0 Å². The van der Waals surface area contributed by atoms with Gasteiger partial charge in [-0.05, 0) is 38.5 Å². The molecule has 0 spiro atoms. The summed E-state index contributed by atoms with van der Waals surface area (Å²) in [6.45, 7) is 4.07. The highest BCUT2D eigenvalue weighted by atomic mass is 16.3. The molecule has 0 saturated heterocycles. The van der Waals surface area contributed by atoms with Crippen LogP contribution in [0.2, 0.25) is 0 Å². The smallest absolute Gasteiger partial charge is 0.249 e. The molecule has 0 bridgehead atoms. The number of carbonyl (C=O) groups is 1. The van der Waals surface area contributed by atoms with Gasteiger partial charge in [0, 0.05) is 0 Å². The first-order valence-electron chi connectivity index (χ1n) is 26.6. The van der Waals surface area contributed by atoms with Gasteiger partial charge in [0.2, 0.25) is 5.91 Å². The van der Waals surface area contributed by atoms with E-state index in [-0.39, 0.29) is 0 Å². The fourth-order valence-corrected chi connectivity index (χ4v) is 8.52. The summed E-state index contributed by atoms with van der Waals surface area (Å²) in [7, 11) is 0. The second kappa shape index (κ2) is 48.1. The Morgan fingerprint density at radius 3 is 0.983 bits per heavy atom. The third-order valence-corrected chi connectivity index (χ3v) is 12.7. The monoisotopic (exact) mass is 836 g/mol. The fraction of sp³-hybridized carbons (Fsp3) is 0.943. The number of allylic oxidation sites excluding steroid dienone is 2. The molecule has 0 aromatic rings. The van der Waals surface area contributed by atoms with Gasteiger partial charge in [-0.2, -0.15) is 0 Å². The van der Waals surface area contributed by atoms with Gasteiger partial charge >= 0.3 is 0 Å². The molecule has 0 fully saturated rings. The maximum Gasteiger partial charge on any atom is 0.249 e. The molecule has 0 radical (unpaired) electrons. The van der Waals surface area contributed by atoms with Crippen LogP contribution in [0.25, 0.3) is 0 Å². The van der Waals surface area contributed by atoms with Crippen LogP contribution < -0.4 is 5.32 Å². The molecule has 0 aliphatic rings. The molecule has 6 heteroatoms. The van der Waals surface area contributed by atoms with Crippen molar-refractivity contribution in [2.75, 3.05) is 6.61 Å². The Hall–Kier alpha value is -0.950. The number of carbonyl (C=O) groups excluding carboxylic acids is 1. The fourth-order valence-electron chi connectivity index (χ4n) is 8.52. The van der Waals surface area contributed by atoms with Crippen LogP contribution in [0.3, 0.4) is 0 Å². The Kier molecular flexibility index (Phi) is 47.3. The lowest BCUT2D eigenvalue weighted by atomic mass is 9.99. The van der Waals surface area contributed by atoms with Crippen LogP contribution in [-0.2, 0) is 4.79 Å². The lowest BCUT2D eigenvalue weighted by Crippen LogP contribution is -2.53. The standard InChI is InChI=1S/C53H105NO5/c1-3-5-7-9-11-13-15-17-18-19-20-21-22-23-24-25-26-27-28-29-30-31-32-33-34-35-37-39-41-43-45-47-51(57)53(59)54-49(48-55)52(58)50(56)46-44-42-40-38-36-16-14-12-10-8-6-4-2/h23-24,49-52,55-58H,3-22,25-48H2,1-2H3,(H,54,59)/b24-23-. The lowest BCUT2D eigenvalue weighted by Gasteiger charge is -2.27. The van der Waals surface area contributed by atoms with Crippen LogP contribution in [0, 0.1) is 0 Å². The topological polar surface area (TPSA) is 110 Å². The summed E-state index contributed by atoms with van der Waals surface area (Å²) in [6.07, 6.45) is 55.7. The molecule has 0 aliphatic carbocycles. The normalized spacial score (nSPS) is 13.9. The Balaban J connectivity index is 3.55. The summed E-state index contributed by atoms with van der Waals surface area (Å²) in [5, 5.41) is 43.8. The Bertz CT molecular complexity index is 852. The van der Waals surface area contributed by atoms with Gasteiger partial charge in [-0.3, -0.25) is 4.79 Å². The van der Waals surface area contributed by atoms with E-state index in [1.807, 2.05) is 0 Å². The van der Waals surface area contributed by atoms with Crippen molar-refractivity contribution in [3.63, 3.8) is 0 Å². The second-order valence-corrected chi connectivity index (χ2v) is 18.6. The molecule has 59 heavy (non-hydrogen) atoms. The highest BCUT2D eigenvalue weighted by Crippen LogP contribution is 2.18. The molecule has 5 N–H and O–H groups in total. The highest BCUT2D eigenvalue weighted by molar-refractivity contribution is 5.80. The molecule has 352 valence electrons. The largest absolute Gasteiger partial charge is 0.394 e. The molecular weight excluding hydrogens is 731 g/mol. The highest BCUT2D eigenvalue weighted by Gasteiger charge is 2.28. The Morgan fingerprint density at radius 2 is 0.678 bits per heavy atom. The molecule has 0 saturated carbocycles. The molecule has 6 nitrogen and oxygen atoms in total. The van der Waals surface area contributed by atoms with Crippen LogP contribution in [0.15, 0.2) is 12.2 Å². The lowest BCUT2D eigenvalue weighted by molar-refractivity contribution is -0.132. The molecule has 0 aromatic carbocycles. The molecule has 4 unspecified atom stereocenters. The van der Waals surface area contributed by atoms with E-state index in [4.69, 9.17) is 0 Å². The minimum Gasteiger partial charge on any atom is -0.394 e. The van der Waals surface area contributed by atoms with E-state index in [2.05, 4.69) is 31.3 Å². The maximum absolute atomic E-state index is 12.5. The number of amides is 1. The summed E-state index contributed by atoms with van der Waals surface area (Å²) in [4.78, 5) is 12.5. The van der Waals surface area contributed by atoms with Gasteiger partial charge in [0.15, 0.2) is 0 Å². The average molecular weight is 836 g/mol. The number of unbranched alkanes of at least 4 members (excludes halogenated alkanes) is 38. The number of aliphatic hydroxyl groups excluding tert-OH is 4. The Labute approximate surface area is 368 Å². The molecule has 4 atom stereocenters. The predicted octanol–water partition coefficient (Wildman–Crippen LogP) is 14.9. The maximum atomic E-state index is 12.5. The molecule has 0 rings (SSSR count). The number of hydrogen-bond acceptors (Lipinski definition) is 5. The minimum absolute atomic E-state index is 0.373. The van der Waals surface area contributed by atoms with Crippen molar-refractivity contribution < 1.29 is 25.2 Å². The van der Waals surface area contributed by atoms with Crippen molar-refractivity contribution in [1.82, 2.24) is 5.32 Å². The number of nitrogens with one attached hydrogen (secondary N) is 1. The third-order valence-electron chi connectivity index (χ3n) is 12.7. The molecule has 1 amide bonds. The Morgan fingerprint density at radius 1 is 0.407 bits per heavy atom. The molecule has 0 aromatic heterocycles. The molecular formula is C53H105NO5. The van der Waals surface area contributed by atoms with Gasteiger partial charge in [-0.15, -0.1) is 0 Å². The van der Waals surface area contributed by atoms with E-state index >= 15 is 0 Å². The van der Waals surface area contributed by atoms with E-state index in [9.17, 15) is 25.2 Å². The second-order valence-electron chi connectivity index (χ2n) is 18.6. The third kappa shape index (κ3) is 42.1. The van der Waals surface area contributed by atoms with E-state index in [1.54, 1.807) is 0 Å². The molecule has 0 heterocycles. The van der Waals surface area contributed by atoms with Crippen molar-refractivity contribution in [1.29, 1.82) is 0 Å².